The SMILES string of the molecule is Nc1ccnc(C(=O)NCCC2CCCCC2)c1. The standard InChI is InChI=1S/C14H21N3O/c15-12-7-9-16-13(10-12)14(18)17-8-6-11-4-2-1-3-5-11/h7,9-11H,1-6,8H2,(H2,15,16)(H,17,18). The van der Waals surface area contributed by atoms with Gasteiger partial charge in [0.2, 0.25) is 0 Å². The van der Waals surface area contributed by atoms with Crippen LogP contribution in [0.4, 0.5) is 5.69 Å². The van der Waals surface area contributed by atoms with Gasteiger partial charge in [0.25, 0.3) is 5.91 Å². The van der Waals surface area contributed by atoms with Gasteiger partial charge in [0.05, 0.1) is 0 Å². The van der Waals surface area contributed by atoms with Gasteiger partial charge < -0.3 is 11.1 Å². The van der Waals surface area contributed by atoms with Crippen molar-refractivity contribution < 1.29 is 4.79 Å². The fourth-order valence-electron chi connectivity index (χ4n) is 2.53. The summed E-state index contributed by atoms with van der Waals surface area (Å²) < 4.78 is 0. The largest absolute Gasteiger partial charge is 0.399 e. The number of carbonyl (C=O) groups excluding carboxylic acids is 1. The zero-order valence-electron chi connectivity index (χ0n) is 10.7. The Kier molecular flexibility index (Phi) is 4.56. The summed E-state index contributed by atoms with van der Waals surface area (Å²) in [5.41, 5.74) is 6.60. The van der Waals surface area contributed by atoms with E-state index in [-0.39, 0.29) is 5.91 Å². The Morgan fingerprint density at radius 3 is 2.89 bits per heavy atom. The van der Waals surface area contributed by atoms with E-state index in [0.717, 1.165) is 18.9 Å². The van der Waals surface area contributed by atoms with Crippen LogP contribution in [0.3, 0.4) is 0 Å². The summed E-state index contributed by atoms with van der Waals surface area (Å²) in [6, 6.07) is 3.29. The zero-order valence-corrected chi connectivity index (χ0v) is 10.7. The van der Waals surface area contributed by atoms with E-state index in [2.05, 4.69) is 10.3 Å². The molecule has 1 amide bonds. The molecule has 0 aromatic carbocycles. The summed E-state index contributed by atoms with van der Waals surface area (Å²) in [7, 11) is 0. The third-order valence-electron chi connectivity index (χ3n) is 3.58. The van der Waals surface area contributed by atoms with Crippen molar-refractivity contribution in [2.45, 2.75) is 38.5 Å². The first-order chi connectivity index (χ1) is 8.75. The molecule has 0 aliphatic heterocycles. The van der Waals surface area contributed by atoms with Crippen molar-refractivity contribution in [2.24, 2.45) is 5.92 Å². The molecule has 1 aromatic rings. The first kappa shape index (κ1) is 12.9. The van der Waals surface area contributed by atoms with Crippen LogP contribution < -0.4 is 11.1 Å². The maximum Gasteiger partial charge on any atom is 0.269 e. The van der Waals surface area contributed by atoms with Gasteiger partial charge in [-0.3, -0.25) is 9.78 Å². The summed E-state index contributed by atoms with van der Waals surface area (Å²) in [6.07, 6.45) is 9.32. The molecular formula is C14H21N3O. The average molecular weight is 247 g/mol. The summed E-state index contributed by atoms with van der Waals surface area (Å²) >= 11 is 0. The molecule has 0 radical (unpaired) electrons. The molecule has 0 saturated heterocycles. The summed E-state index contributed by atoms with van der Waals surface area (Å²) in [5, 5.41) is 2.92. The van der Waals surface area contributed by atoms with Crippen molar-refractivity contribution in [2.75, 3.05) is 12.3 Å². The van der Waals surface area contributed by atoms with E-state index in [1.54, 1.807) is 18.3 Å². The number of amides is 1. The number of hydrogen-bond donors (Lipinski definition) is 2. The lowest BCUT2D eigenvalue weighted by atomic mass is 9.87. The van der Waals surface area contributed by atoms with Gasteiger partial charge in [-0.05, 0) is 24.5 Å². The lowest BCUT2D eigenvalue weighted by molar-refractivity contribution is 0.0945. The Morgan fingerprint density at radius 2 is 2.17 bits per heavy atom. The molecule has 1 heterocycles. The van der Waals surface area contributed by atoms with E-state index in [0.29, 0.717) is 11.4 Å². The molecule has 1 saturated carbocycles. The topological polar surface area (TPSA) is 68.0 Å². The molecule has 1 aliphatic rings. The second-order valence-electron chi connectivity index (χ2n) is 5.02. The van der Waals surface area contributed by atoms with E-state index in [1.807, 2.05) is 0 Å². The lowest BCUT2D eigenvalue weighted by Crippen LogP contribution is -2.27. The number of nitrogens with one attached hydrogen (secondary N) is 1. The van der Waals surface area contributed by atoms with Crippen LogP contribution in [0, 0.1) is 5.92 Å². The smallest absolute Gasteiger partial charge is 0.269 e. The first-order valence-electron chi connectivity index (χ1n) is 6.75. The highest BCUT2D eigenvalue weighted by atomic mass is 16.1. The van der Waals surface area contributed by atoms with E-state index >= 15 is 0 Å². The van der Waals surface area contributed by atoms with Crippen LogP contribution >= 0.6 is 0 Å². The van der Waals surface area contributed by atoms with Gasteiger partial charge >= 0.3 is 0 Å². The Morgan fingerprint density at radius 1 is 1.39 bits per heavy atom. The quantitative estimate of drug-likeness (QED) is 0.858. The predicted octanol–water partition coefficient (Wildman–Crippen LogP) is 2.36. The monoisotopic (exact) mass is 247 g/mol. The van der Waals surface area contributed by atoms with Gasteiger partial charge in [-0.1, -0.05) is 32.1 Å². The van der Waals surface area contributed by atoms with Crippen LogP contribution in [0.25, 0.3) is 0 Å². The molecule has 0 unspecified atom stereocenters. The number of hydrogen-bond acceptors (Lipinski definition) is 3. The van der Waals surface area contributed by atoms with Gasteiger partial charge in [-0.15, -0.1) is 0 Å². The number of pyridine rings is 1. The minimum Gasteiger partial charge on any atom is -0.399 e. The number of nitrogens with two attached hydrogens (primary N) is 1. The molecule has 1 aromatic heterocycles. The Labute approximate surface area is 108 Å². The number of carbonyl (C=O) groups is 1. The highest BCUT2D eigenvalue weighted by Crippen LogP contribution is 2.25. The van der Waals surface area contributed by atoms with Crippen LogP contribution in [0.15, 0.2) is 18.3 Å². The van der Waals surface area contributed by atoms with Gasteiger partial charge in [-0.25, -0.2) is 0 Å². The van der Waals surface area contributed by atoms with Crippen molar-refractivity contribution in [3.63, 3.8) is 0 Å². The van der Waals surface area contributed by atoms with E-state index in [1.165, 1.54) is 32.1 Å². The second kappa shape index (κ2) is 6.38. The van der Waals surface area contributed by atoms with Crippen LogP contribution in [0.2, 0.25) is 0 Å². The molecular weight excluding hydrogens is 226 g/mol. The normalized spacial score (nSPS) is 16.4. The van der Waals surface area contributed by atoms with Crippen molar-refractivity contribution in [3.8, 4) is 0 Å². The Hall–Kier alpha value is -1.58. The van der Waals surface area contributed by atoms with E-state index in [4.69, 9.17) is 5.73 Å². The van der Waals surface area contributed by atoms with Crippen molar-refractivity contribution in [1.29, 1.82) is 0 Å². The maximum atomic E-state index is 11.8. The lowest BCUT2D eigenvalue weighted by Gasteiger charge is -2.21. The van der Waals surface area contributed by atoms with Crippen LogP contribution in [-0.2, 0) is 0 Å². The van der Waals surface area contributed by atoms with Gasteiger partial charge in [0.15, 0.2) is 0 Å². The Bertz CT molecular complexity index is 400. The van der Waals surface area contributed by atoms with E-state index in [9.17, 15) is 4.79 Å². The van der Waals surface area contributed by atoms with Gasteiger partial charge in [-0.2, -0.15) is 0 Å². The highest BCUT2D eigenvalue weighted by molar-refractivity contribution is 5.92. The maximum absolute atomic E-state index is 11.8. The third kappa shape index (κ3) is 3.72. The third-order valence-corrected chi connectivity index (χ3v) is 3.58. The molecule has 3 N–H and O–H groups in total. The van der Waals surface area contributed by atoms with Crippen molar-refractivity contribution in [3.05, 3.63) is 24.0 Å². The Balaban J connectivity index is 1.74. The van der Waals surface area contributed by atoms with Crippen molar-refractivity contribution in [1.82, 2.24) is 10.3 Å². The number of aromatic nitrogens is 1. The number of rotatable bonds is 4. The number of nitrogens with zero attached hydrogens (tertiary/aromatic N) is 1. The summed E-state index contributed by atoms with van der Waals surface area (Å²) in [4.78, 5) is 15.8. The molecule has 0 atom stereocenters. The molecule has 4 nitrogen and oxygen atoms in total. The van der Waals surface area contributed by atoms with Crippen LogP contribution in [0.1, 0.15) is 49.0 Å². The molecule has 1 aliphatic carbocycles. The first-order valence-corrected chi connectivity index (χ1v) is 6.75. The van der Waals surface area contributed by atoms with Gasteiger partial charge in [0, 0.05) is 18.4 Å². The number of nitrogen functional groups attached to an aromatic ring is 1. The molecule has 98 valence electrons. The fraction of sp³-hybridized carbons (Fsp3) is 0.571. The minimum atomic E-state index is -0.127. The van der Waals surface area contributed by atoms with Crippen molar-refractivity contribution >= 4 is 11.6 Å². The molecule has 0 bridgehead atoms. The molecule has 4 heteroatoms. The summed E-state index contributed by atoms with van der Waals surface area (Å²) in [6.45, 7) is 0.736. The zero-order chi connectivity index (χ0) is 12.8. The predicted molar refractivity (Wildman–Crippen MR) is 72.2 cm³/mol. The minimum absolute atomic E-state index is 0.127. The number of anilines is 1. The summed E-state index contributed by atoms with van der Waals surface area (Å²) in [5.74, 6) is 0.658. The second-order valence-corrected chi connectivity index (χ2v) is 5.02. The van der Waals surface area contributed by atoms with E-state index < -0.39 is 0 Å². The highest BCUT2D eigenvalue weighted by Gasteiger charge is 2.14. The average Bonchev–Trinajstić information content (AvgIpc) is 2.40. The van der Waals surface area contributed by atoms with Crippen LogP contribution in [-0.4, -0.2) is 17.4 Å². The molecule has 2 rings (SSSR count). The molecule has 1 fully saturated rings. The molecule has 0 spiro atoms. The van der Waals surface area contributed by atoms with Gasteiger partial charge in [0.1, 0.15) is 5.69 Å². The van der Waals surface area contributed by atoms with Crippen LogP contribution in [0.5, 0.6) is 0 Å². The molecule has 18 heavy (non-hydrogen) atoms. The fourth-order valence-corrected chi connectivity index (χ4v) is 2.53.